The van der Waals surface area contributed by atoms with Crippen molar-refractivity contribution in [2.45, 2.75) is 84.1 Å². The summed E-state index contributed by atoms with van der Waals surface area (Å²) in [6.07, 6.45) is 13.2. The smallest absolute Gasteiger partial charge is 0.320 e. The molecule has 0 amide bonds. The Balaban J connectivity index is 0. The van der Waals surface area contributed by atoms with Crippen molar-refractivity contribution in [2.24, 2.45) is 0 Å². The van der Waals surface area contributed by atoms with Crippen LogP contribution in [0.2, 0.25) is 0 Å². The summed E-state index contributed by atoms with van der Waals surface area (Å²) in [6.45, 7) is 4.77. The summed E-state index contributed by atoms with van der Waals surface area (Å²) in [5, 5.41) is 11.7. The van der Waals surface area contributed by atoms with E-state index in [1.807, 2.05) is 0 Å². The number of rotatable bonds is 13. The monoisotopic (exact) mass is 280 g/mol. The molecule has 0 saturated heterocycles. The van der Waals surface area contributed by atoms with Crippen molar-refractivity contribution in [2.75, 3.05) is 6.54 Å². The second-order valence-electron chi connectivity index (χ2n) is 5.20. The molecule has 4 heteroatoms. The van der Waals surface area contributed by atoms with Gasteiger partial charge in [0, 0.05) is 29.6 Å². The van der Waals surface area contributed by atoms with Gasteiger partial charge in [-0.15, -0.1) is 0 Å². The minimum atomic E-state index is -0.762. The Morgan fingerprint density at radius 1 is 0.947 bits per heavy atom. The van der Waals surface area contributed by atoms with E-state index in [-0.39, 0.29) is 29.6 Å². The fourth-order valence-electron chi connectivity index (χ4n) is 2.02. The Kier molecular flexibility index (Phi) is 18.8. The molecule has 109 valence electrons. The molecule has 0 aliphatic carbocycles. The van der Waals surface area contributed by atoms with Crippen LogP contribution in [-0.4, -0.2) is 53.2 Å². The molecule has 0 spiro atoms. The summed E-state index contributed by atoms with van der Waals surface area (Å²) < 4.78 is 0. The average Bonchev–Trinajstić information content (AvgIpc) is 2.35. The van der Waals surface area contributed by atoms with Gasteiger partial charge in [0.25, 0.3) is 0 Å². The van der Waals surface area contributed by atoms with Gasteiger partial charge < -0.3 is 10.4 Å². The first kappa shape index (κ1) is 21.7. The largest absolute Gasteiger partial charge is 0.480 e. The van der Waals surface area contributed by atoms with Gasteiger partial charge in [0.2, 0.25) is 0 Å². The first-order chi connectivity index (χ1) is 8.68. The number of hydrogen-bond acceptors (Lipinski definition) is 2. The van der Waals surface area contributed by atoms with Crippen LogP contribution in [0.1, 0.15) is 78.1 Å². The molecular weight excluding hydrogens is 249 g/mol. The number of carbonyl (C=O) groups is 1. The van der Waals surface area contributed by atoms with Crippen molar-refractivity contribution in [3.05, 3.63) is 0 Å². The van der Waals surface area contributed by atoms with Gasteiger partial charge in [0.15, 0.2) is 0 Å². The van der Waals surface area contributed by atoms with E-state index >= 15 is 0 Å². The zero-order valence-corrected chi connectivity index (χ0v) is 15.2. The van der Waals surface area contributed by atoms with Crippen LogP contribution in [0.15, 0.2) is 0 Å². The van der Waals surface area contributed by atoms with Crippen LogP contribution < -0.4 is 5.32 Å². The van der Waals surface area contributed by atoms with E-state index in [2.05, 4.69) is 12.2 Å². The summed E-state index contributed by atoms with van der Waals surface area (Å²) >= 11 is 0. The molecule has 1 atom stereocenters. The Morgan fingerprint density at radius 3 is 1.79 bits per heavy atom. The third-order valence-electron chi connectivity index (χ3n) is 3.35. The number of carboxylic acids is 1. The number of nitrogens with one attached hydrogen (secondary N) is 1. The van der Waals surface area contributed by atoms with Crippen LogP contribution in [0.3, 0.4) is 0 Å². The van der Waals surface area contributed by atoms with Gasteiger partial charge in [-0.25, -0.2) is 0 Å². The van der Waals surface area contributed by atoms with Crippen molar-refractivity contribution in [3.8, 4) is 0 Å². The molecule has 1 unspecified atom stereocenters. The standard InChI is InChI=1S/C15H31NO2.Na/c1-3-4-5-6-7-8-9-10-11-12-13-16-14(2)15(17)18;/h14,16H,3-13H2,1-2H3,(H,17,18);. The molecule has 2 N–H and O–H groups in total. The van der Waals surface area contributed by atoms with Crippen LogP contribution in [-0.2, 0) is 4.79 Å². The molecule has 1 radical (unpaired) electrons. The van der Waals surface area contributed by atoms with Crippen molar-refractivity contribution in [3.63, 3.8) is 0 Å². The maximum Gasteiger partial charge on any atom is 0.320 e. The predicted molar refractivity (Wildman–Crippen MR) is 82.7 cm³/mol. The number of unbranched alkanes of at least 4 members (excludes halogenated alkanes) is 9. The van der Waals surface area contributed by atoms with Crippen LogP contribution in [0.5, 0.6) is 0 Å². The van der Waals surface area contributed by atoms with Crippen LogP contribution >= 0.6 is 0 Å². The van der Waals surface area contributed by atoms with Gasteiger partial charge in [-0.05, 0) is 19.9 Å². The number of hydrogen-bond donors (Lipinski definition) is 2. The van der Waals surface area contributed by atoms with Gasteiger partial charge in [-0.1, -0.05) is 64.7 Å². The van der Waals surface area contributed by atoms with E-state index in [1.54, 1.807) is 6.92 Å². The quantitative estimate of drug-likeness (QED) is 0.400. The van der Waals surface area contributed by atoms with Crippen molar-refractivity contribution < 1.29 is 9.90 Å². The SMILES string of the molecule is CCCCCCCCCCCCNC(C)C(=O)O.[Na]. The first-order valence-corrected chi connectivity index (χ1v) is 7.64. The molecule has 0 aromatic heterocycles. The Morgan fingerprint density at radius 2 is 1.37 bits per heavy atom. The molecule has 0 bridgehead atoms. The van der Waals surface area contributed by atoms with Crippen molar-refractivity contribution >= 4 is 35.5 Å². The summed E-state index contributed by atoms with van der Waals surface area (Å²) in [7, 11) is 0. The second-order valence-corrected chi connectivity index (χ2v) is 5.20. The van der Waals surface area contributed by atoms with Gasteiger partial charge >= 0.3 is 5.97 Å². The molecule has 19 heavy (non-hydrogen) atoms. The van der Waals surface area contributed by atoms with Crippen molar-refractivity contribution in [1.82, 2.24) is 5.32 Å². The van der Waals surface area contributed by atoms with E-state index in [9.17, 15) is 4.79 Å². The summed E-state index contributed by atoms with van der Waals surface area (Å²) in [5.74, 6) is -0.762. The minimum Gasteiger partial charge on any atom is -0.480 e. The molecule has 0 saturated carbocycles. The molecule has 0 aromatic carbocycles. The third-order valence-corrected chi connectivity index (χ3v) is 3.35. The second kappa shape index (κ2) is 16.5. The summed E-state index contributed by atoms with van der Waals surface area (Å²) in [6, 6.07) is -0.413. The third kappa shape index (κ3) is 16.4. The molecule has 0 fully saturated rings. The first-order valence-electron chi connectivity index (χ1n) is 7.64. The fourth-order valence-corrected chi connectivity index (χ4v) is 2.02. The number of aliphatic carboxylic acids is 1. The summed E-state index contributed by atoms with van der Waals surface area (Å²) in [4.78, 5) is 10.5. The molecule has 0 rings (SSSR count). The molecule has 3 nitrogen and oxygen atoms in total. The summed E-state index contributed by atoms with van der Waals surface area (Å²) in [5.41, 5.74) is 0. The average molecular weight is 280 g/mol. The predicted octanol–water partition coefficient (Wildman–Crippen LogP) is 3.59. The van der Waals surface area contributed by atoms with Crippen LogP contribution in [0.25, 0.3) is 0 Å². The van der Waals surface area contributed by atoms with E-state index in [1.165, 1.54) is 57.8 Å². The zero-order valence-electron chi connectivity index (χ0n) is 13.2. The van der Waals surface area contributed by atoms with E-state index in [0.717, 1.165) is 13.0 Å². The molecule has 0 aromatic rings. The zero-order chi connectivity index (χ0) is 13.6. The normalized spacial score (nSPS) is 11.9. The van der Waals surface area contributed by atoms with Gasteiger partial charge in [0.05, 0.1) is 0 Å². The van der Waals surface area contributed by atoms with Crippen molar-refractivity contribution in [1.29, 1.82) is 0 Å². The molecular formula is C15H31NNaO2. The van der Waals surface area contributed by atoms with E-state index in [0.29, 0.717) is 0 Å². The molecule has 0 aliphatic rings. The Hall–Kier alpha value is 0.430. The maximum absolute atomic E-state index is 10.5. The minimum absolute atomic E-state index is 0. The number of carboxylic acid groups (broad SMARTS) is 1. The van der Waals surface area contributed by atoms with Gasteiger partial charge in [-0.3, -0.25) is 4.79 Å². The topological polar surface area (TPSA) is 49.3 Å². The maximum atomic E-state index is 10.5. The van der Waals surface area contributed by atoms with Crippen LogP contribution in [0, 0.1) is 0 Å². The van der Waals surface area contributed by atoms with Gasteiger partial charge in [0.1, 0.15) is 6.04 Å². The van der Waals surface area contributed by atoms with Crippen LogP contribution in [0.4, 0.5) is 0 Å². The van der Waals surface area contributed by atoms with E-state index < -0.39 is 12.0 Å². The Labute approximate surface area is 141 Å². The van der Waals surface area contributed by atoms with E-state index in [4.69, 9.17) is 5.11 Å². The van der Waals surface area contributed by atoms with Gasteiger partial charge in [-0.2, -0.15) is 0 Å². The molecule has 0 aliphatic heterocycles. The molecule has 0 heterocycles. The Bertz CT molecular complexity index is 201. The fraction of sp³-hybridized carbons (Fsp3) is 0.933.